The van der Waals surface area contributed by atoms with Gasteiger partial charge in [0, 0.05) is 4.90 Å². The largest absolute Gasteiger partial charge is 0.316 e. The molecule has 0 unspecified atom stereocenters. The summed E-state index contributed by atoms with van der Waals surface area (Å²) in [5.74, 6) is 0. The highest BCUT2D eigenvalue weighted by atomic mass is 32.2. The molecular formula is C18H23NS. The molecule has 20 heavy (non-hydrogen) atoms. The Hall–Kier alpha value is -1.25. The summed E-state index contributed by atoms with van der Waals surface area (Å²) in [5.41, 5.74) is 2.85. The van der Waals surface area contributed by atoms with Crippen LogP contribution in [0.4, 0.5) is 0 Å². The van der Waals surface area contributed by atoms with Gasteiger partial charge in [0.2, 0.25) is 0 Å². The van der Waals surface area contributed by atoms with Crippen molar-refractivity contribution in [3.8, 4) is 0 Å². The molecule has 0 fully saturated rings. The van der Waals surface area contributed by atoms with Gasteiger partial charge in [0.15, 0.2) is 0 Å². The van der Waals surface area contributed by atoms with E-state index in [0.29, 0.717) is 0 Å². The molecule has 0 bridgehead atoms. The van der Waals surface area contributed by atoms with E-state index < -0.39 is 0 Å². The van der Waals surface area contributed by atoms with Gasteiger partial charge in [-0.1, -0.05) is 42.5 Å². The van der Waals surface area contributed by atoms with Gasteiger partial charge >= 0.3 is 0 Å². The van der Waals surface area contributed by atoms with Crippen LogP contribution in [-0.2, 0) is 12.8 Å². The van der Waals surface area contributed by atoms with Crippen LogP contribution < -0.4 is 5.32 Å². The molecule has 1 nitrogen and oxygen atoms in total. The van der Waals surface area contributed by atoms with Gasteiger partial charge in [0.25, 0.3) is 0 Å². The number of benzene rings is 2. The molecule has 0 radical (unpaired) electrons. The van der Waals surface area contributed by atoms with Gasteiger partial charge in [-0.05, 0) is 61.9 Å². The first-order valence-electron chi connectivity index (χ1n) is 7.26. The monoisotopic (exact) mass is 285 g/mol. The Morgan fingerprint density at radius 1 is 0.800 bits per heavy atom. The summed E-state index contributed by atoms with van der Waals surface area (Å²) >= 11 is 1.79. The fourth-order valence-electron chi connectivity index (χ4n) is 2.21. The number of thioether (sulfide) groups is 1. The van der Waals surface area contributed by atoms with Crippen LogP contribution in [0.5, 0.6) is 0 Å². The predicted molar refractivity (Wildman–Crippen MR) is 89.6 cm³/mol. The van der Waals surface area contributed by atoms with Crippen molar-refractivity contribution in [1.29, 1.82) is 0 Å². The van der Waals surface area contributed by atoms with Gasteiger partial charge in [0.05, 0.1) is 0 Å². The lowest BCUT2D eigenvalue weighted by atomic mass is 10.1. The van der Waals surface area contributed by atoms with E-state index in [4.69, 9.17) is 0 Å². The van der Waals surface area contributed by atoms with Gasteiger partial charge < -0.3 is 5.32 Å². The molecule has 0 saturated carbocycles. The average molecular weight is 285 g/mol. The van der Waals surface area contributed by atoms with E-state index in [1.165, 1.54) is 22.4 Å². The smallest absolute Gasteiger partial charge is 0.00693 e. The summed E-state index contributed by atoms with van der Waals surface area (Å²) in [5, 5.41) is 3.53. The minimum Gasteiger partial charge on any atom is -0.316 e. The van der Waals surface area contributed by atoms with Crippen molar-refractivity contribution in [1.82, 2.24) is 5.32 Å². The van der Waals surface area contributed by atoms with E-state index in [1.54, 1.807) is 11.8 Å². The van der Waals surface area contributed by atoms with E-state index in [9.17, 15) is 0 Å². The standard InChI is InChI=1S/C18H23NS/c1-20-18-11-9-17(10-12-18)13-15-19-14-5-8-16-6-3-2-4-7-16/h2-4,6-7,9-12,19H,5,8,13-15H2,1H3. The Kier molecular flexibility index (Phi) is 6.69. The number of rotatable bonds is 8. The van der Waals surface area contributed by atoms with Crippen molar-refractivity contribution < 1.29 is 0 Å². The minimum atomic E-state index is 1.06. The molecule has 2 aromatic carbocycles. The third-order valence-electron chi connectivity index (χ3n) is 3.41. The molecule has 0 aliphatic carbocycles. The predicted octanol–water partition coefficient (Wildman–Crippen LogP) is 4.17. The first-order chi connectivity index (χ1) is 9.88. The molecule has 0 saturated heterocycles. The molecule has 0 aliphatic heterocycles. The fraction of sp³-hybridized carbons (Fsp3) is 0.333. The van der Waals surface area contributed by atoms with Gasteiger partial charge in [-0.15, -0.1) is 11.8 Å². The lowest BCUT2D eigenvalue weighted by molar-refractivity contribution is 0.647. The topological polar surface area (TPSA) is 12.0 Å². The first kappa shape index (κ1) is 15.1. The van der Waals surface area contributed by atoms with Crippen LogP contribution in [0, 0.1) is 0 Å². The first-order valence-corrected chi connectivity index (χ1v) is 8.48. The summed E-state index contributed by atoms with van der Waals surface area (Å²) in [4.78, 5) is 1.34. The van der Waals surface area contributed by atoms with E-state index in [-0.39, 0.29) is 0 Å². The second kappa shape index (κ2) is 8.83. The summed E-state index contributed by atoms with van der Waals surface area (Å²) < 4.78 is 0. The van der Waals surface area contributed by atoms with E-state index in [0.717, 1.165) is 25.9 Å². The Bertz CT molecular complexity index is 479. The minimum absolute atomic E-state index is 1.06. The fourth-order valence-corrected chi connectivity index (χ4v) is 2.62. The average Bonchev–Trinajstić information content (AvgIpc) is 2.52. The van der Waals surface area contributed by atoms with Gasteiger partial charge in [-0.2, -0.15) is 0 Å². The summed E-state index contributed by atoms with van der Waals surface area (Å²) in [6.07, 6.45) is 5.59. The second-order valence-corrected chi connectivity index (χ2v) is 5.82. The molecular weight excluding hydrogens is 262 g/mol. The Morgan fingerprint density at radius 3 is 2.20 bits per heavy atom. The third-order valence-corrected chi connectivity index (χ3v) is 4.15. The highest BCUT2D eigenvalue weighted by Crippen LogP contribution is 2.14. The van der Waals surface area contributed by atoms with Crippen molar-refractivity contribution >= 4 is 11.8 Å². The van der Waals surface area contributed by atoms with E-state index in [1.807, 2.05) is 0 Å². The van der Waals surface area contributed by atoms with Crippen LogP contribution in [0.2, 0.25) is 0 Å². The lowest BCUT2D eigenvalue weighted by Crippen LogP contribution is -2.18. The molecule has 1 N–H and O–H groups in total. The molecule has 0 amide bonds. The van der Waals surface area contributed by atoms with Crippen LogP contribution >= 0.6 is 11.8 Å². The maximum Gasteiger partial charge on any atom is 0.00693 e. The van der Waals surface area contributed by atoms with Crippen LogP contribution in [0.15, 0.2) is 59.5 Å². The van der Waals surface area contributed by atoms with Gasteiger partial charge in [-0.25, -0.2) is 0 Å². The molecule has 106 valence electrons. The molecule has 0 spiro atoms. The molecule has 2 heteroatoms. The van der Waals surface area contributed by atoms with Crippen molar-refractivity contribution in [2.75, 3.05) is 19.3 Å². The second-order valence-electron chi connectivity index (χ2n) is 4.94. The van der Waals surface area contributed by atoms with Gasteiger partial charge in [0.1, 0.15) is 0 Å². The van der Waals surface area contributed by atoms with Crippen LogP contribution in [0.25, 0.3) is 0 Å². The molecule has 0 heterocycles. The Labute approximate surface area is 126 Å². The zero-order chi connectivity index (χ0) is 14.0. The van der Waals surface area contributed by atoms with Crippen LogP contribution in [0.3, 0.4) is 0 Å². The molecule has 0 aliphatic rings. The molecule has 0 aromatic heterocycles. The Balaban J connectivity index is 1.57. The summed E-state index contributed by atoms with van der Waals surface area (Å²) in [6.45, 7) is 2.16. The highest BCUT2D eigenvalue weighted by molar-refractivity contribution is 7.98. The van der Waals surface area contributed by atoms with Gasteiger partial charge in [-0.3, -0.25) is 0 Å². The van der Waals surface area contributed by atoms with Crippen molar-refractivity contribution in [3.05, 3.63) is 65.7 Å². The number of nitrogens with one attached hydrogen (secondary N) is 1. The normalized spacial score (nSPS) is 10.7. The maximum atomic E-state index is 3.53. The summed E-state index contributed by atoms with van der Waals surface area (Å²) in [6, 6.07) is 19.6. The number of hydrogen-bond donors (Lipinski definition) is 1. The molecule has 2 rings (SSSR count). The lowest BCUT2D eigenvalue weighted by Gasteiger charge is -2.06. The number of hydrogen-bond acceptors (Lipinski definition) is 2. The SMILES string of the molecule is CSc1ccc(CCNCCCc2ccccc2)cc1. The van der Waals surface area contributed by atoms with Crippen molar-refractivity contribution in [2.24, 2.45) is 0 Å². The zero-order valence-electron chi connectivity index (χ0n) is 12.1. The zero-order valence-corrected chi connectivity index (χ0v) is 13.0. The number of aryl methyl sites for hydroxylation is 1. The van der Waals surface area contributed by atoms with Crippen LogP contribution in [-0.4, -0.2) is 19.3 Å². The Morgan fingerprint density at radius 2 is 1.50 bits per heavy atom. The van der Waals surface area contributed by atoms with E-state index in [2.05, 4.69) is 66.2 Å². The van der Waals surface area contributed by atoms with E-state index >= 15 is 0 Å². The third kappa shape index (κ3) is 5.40. The molecule has 2 aromatic rings. The van der Waals surface area contributed by atoms with Crippen LogP contribution in [0.1, 0.15) is 17.5 Å². The molecule has 0 atom stereocenters. The van der Waals surface area contributed by atoms with Crippen molar-refractivity contribution in [3.63, 3.8) is 0 Å². The van der Waals surface area contributed by atoms with Crippen molar-refractivity contribution in [2.45, 2.75) is 24.2 Å². The highest BCUT2D eigenvalue weighted by Gasteiger charge is 1.95. The summed E-state index contributed by atoms with van der Waals surface area (Å²) in [7, 11) is 0. The maximum absolute atomic E-state index is 3.53. The quantitative estimate of drug-likeness (QED) is 0.577.